The van der Waals surface area contributed by atoms with Crippen molar-refractivity contribution in [3.8, 4) is 0 Å². The van der Waals surface area contributed by atoms with Gasteiger partial charge in [0.25, 0.3) is 0 Å². The molecule has 0 radical (unpaired) electrons. The van der Waals surface area contributed by atoms with Gasteiger partial charge >= 0.3 is 0 Å². The molecule has 0 aromatic heterocycles. The first-order valence-electron chi connectivity index (χ1n) is 7.03. The van der Waals surface area contributed by atoms with E-state index < -0.39 is 34.7 Å². The Bertz CT molecular complexity index is 175. The van der Waals surface area contributed by atoms with Crippen molar-refractivity contribution in [1.82, 2.24) is 0 Å². The Hall–Kier alpha value is 0.708. The second kappa shape index (κ2) is 12.7. The molecule has 0 aliphatic carbocycles. The van der Waals surface area contributed by atoms with Gasteiger partial charge in [-0.05, 0) is 19.8 Å². The number of hydrogen-bond acceptors (Lipinski definition) is 4. The van der Waals surface area contributed by atoms with Crippen molar-refractivity contribution in [2.24, 2.45) is 0 Å². The summed E-state index contributed by atoms with van der Waals surface area (Å²) in [5.41, 5.74) is 0. The summed E-state index contributed by atoms with van der Waals surface area (Å²) in [6, 6.07) is 0. The molecule has 0 aliphatic heterocycles. The van der Waals surface area contributed by atoms with Crippen LogP contribution in [0.4, 0.5) is 0 Å². The highest BCUT2D eigenvalue weighted by Crippen LogP contribution is 2.05. The maximum atomic E-state index is 6.31. The summed E-state index contributed by atoms with van der Waals surface area (Å²) in [6.45, 7) is 7.38. The standard InChI is InChI=1S/C10H30O4Si4/c1-5-8-10-14-18(15-11-4,16-12-7-3)17-13-9-6-2/h5-10,15-17H2,1-4H3. The summed E-state index contributed by atoms with van der Waals surface area (Å²) < 4.78 is 23.6. The van der Waals surface area contributed by atoms with Gasteiger partial charge in [-0.15, -0.1) is 0 Å². The zero-order valence-electron chi connectivity index (χ0n) is 12.5. The van der Waals surface area contributed by atoms with Gasteiger partial charge in [-0.25, -0.2) is 0 Å². The van der Waals surface area contributed by atoms with Crippen LogP contribution in [0.15, 0.2) is 0 Å². The summed E-state index contributed by atoms with van der Waals surface area (Å²) >= 11 is 0. The fourth-order valence-electron chi connectivity index (χ4n) is 1.64. The SMILES string of the molecule is CCCCO[Si]([SiH2]OC)([SiH2]OCC)[SiH2]OCCC. The third kappa shape index (κ3) is 8.75. The normalized spacial score (nSPS) is 16.7. The molecule has 4 nitrogen and oxygen atoms in total. The molecule has 18 heavy (non-hydrogen) atoms. The number of unbranched alkanes of at least 4 members (excludes halogenated alkanes) is 1. The Balaban J connectivity index is 4.34. The van der Waals surface area contributed by atoms with E-state index in [4.69, 9.17) is 17.7 Å². The fraction of sp³-hybridized carbons (Fsp3) is 1.00. The highest BCUT2D eigenvalue weighted by molar-refractivity contribution is 7.65. The minimum absolute atomic E-state index is 0.557. The molecule has 0 spiro atoms. The van der Waals surface area contributed by atoms with Gasteiger partial charge in [0.2, 0.25) is 6.87 Å². The lowest BCUT2D eigenvalue weighted by Crippen LogP contribution is -2.60. The Morgan fingerprint density at radius 1 is 0.889 bits per heavy atom. The van der Waals surface area contributed by atoms with E-state index in [-0.39, 0.29) is 0 Å². The predicted molar refractivity (Wildman–Crippen MR) is 87.1 cm³/mol. The predicted octanol–water partition coefficient (Wildman–Crippen LogP) is -0.400. The van der Waals surface area contributed by atoms with E-state index in [9.17, 15) is 0 Å². The van der Waals surface area contributed by atoms with Crippen molar-refractivity contribution in [2.75, 3.05) is 26.9 Å². The van der Waals surface area contributed by atoms with Crippen LogP contribution in [0.3, 0.4) is 0 Å². The molecule has 0 fully saturated rings. The van der Waals surface area contributed by atoms with Gasteiger partial charge in [0.1, 0.15) is 0 Å². The van der Waals surface area contributed by atoms with Crippen LogP contribution < -0.4 is 0 Å². The van der Waals surface area contributed by atoms with Crippen LogP contribution in [0, 0.1) is 0 Å². The molecule has 0 N–H and O–H groups in total. The smallest absolute Gasteiger partial charge is 0.228 e. The summed E-state index contributed by atoms with van der Waals surface area (Å²) in [7, 11) is 0.148. The maximum absolute atomic E-state index is 6.31. The summed E-state index contributed by atoms with van der Waals surface area (Å²) in [4.78, 5) is 0. The molecule has 0 saturated heterocycles. The zero-order valence-corrected chi connectivity index (χ0v) is 17.7. The molecule has 1 unspecified atom stereocenters. The van der Waals surface area contributed by atoms with Gasteiger partial charge in [0, 0.05) is 26.9 Å². The molecule has 1 atom stereocenters. The van der Waals surface area contributed by atoms with Crippen molar-refractivity contribution < 1.29 is 17.7 Å². The van der Waals surface area contributed by atoms with E-state index in [2.05, 4.69) is 20.8 Å². The zero-order chi connectivity index (χ0) is 13.7. The highest BCUT2D eigenvalue weighted by atomic mass is 29.9. The second-order valence-electron chi connectivity index (χ2n) is 4.51. The van der Waals surface area contributed by atoms with Crippen LogP contribution in [0.5, 0.6) is 0 Å². The Labute approximate surface area is 119 Å². The minimum Gasteiger partial charge on any atom is -0.428 e. The Kier molecular flexibility index (Phi) is 13.2. The van der Waals surface area contributed by atoms with E-state index in [0.717, 1.165) is 32.7 Å². The van der Waals surface area contributed by atoms with Gasteiger partial charge < -0.3 is 17.7 Å². The van der Waals surface area contributed by atoms with Crippen molar-refractivity contribution in [2.45, 2.75) is 40.0 Å². The van der Waals surface area contributed by atoms with Gasteiger partial charge in [0.15, 0.2) is 27.8 Å². The lowest BCUT2D eigenvalue weighted by molar-refractivity contribution is 0.295. The molecule has 0 amide bonds. The van der Waals surface area contributed by atoms with Crippen molar-refractivity contribution in [3.63, 3.8) is 0 Å². The number of rotatable bonds is 13. The molecule has 0 saturated carbocycles. The van der Waals surface area contributed by atoms with Crippen LogP contribution in [0.25, 0.3) is 0 Å². The first kappa shape index (κ1) is 18.7. The van der Waals surface area contributed by atoms with E-state index >= 15 is 0 Å². The van der Waals surface area contributed by atoms with E-state index in [0.29, 0.717) is 0 Å². The first-order chi connectivity index (χ1) is 8.74. The van der Waals surface area contributed by atoms with Crippen molar-refractivity contribution in [1.29, 1.82) is 0 Å². The van der Waals surface area contributed by atoms with E-state index in [1.54, 1.807) is 0 Å². The van der Waals surface area contributed by atoms with Crippen LogP contribution in [-0.4, -0.2) is 61.6 Å². The lowest BCUT2D eigenvalue weighted by atomic mass is 10.4. The molecule has 110 valence electrons. The van der Waals surface area contributed by atoms with E-state index in [1.807, 2.05) is 7.11 Å². The minimum atomic E-state index is -1.64. The van der Waals surface area contributed by atoms with Gasteiger partial charge in [0.05, 0.1) is 0 Å². The molecular weight excluding hydrogens is 296 g/mol. The third-order valence-electron chi connectivity index (χ3n) is 2.60. The third-order valence-corrected chi connectivity index (χ3v) is 26.1. The van der Waals surface area contributed by atoms with Crippen LogP contribution >= 0.6 is 0 Å². The van der Waals surface area contributed by atoms with E-state index in [1.165, 1.54) is 6.42 Å². The second-order valence-corrected chi connectivity index (χ2v) is 32.6. The maximum Gasteiger partial charge on any atom is 0.228 e. The quantitative estimate of drug-likeness (QED) is 0.341. The molecule has 0 rings (SSSR count). The Morgan fingerprint density at radius 2 is 1.61 bits per heavy atom. The molecule has 0 aromatic carbocycles. The van der Waals surface area contributed by atoms with Gasteiger partial charge in [-0.3, -0.25) is 0 Å². The average Bonchev–Trinajstić information content (AvgIpc) is 2.37. The summed E-state index contributed by atoms with van der Waals surface area (Å²) in [5.74, 6) is 0. The molecule has 8 heteroatoms. The van der Waals surface area contributed by atoms with Crippen LogP contribution in [0.2, 0.25) is 0 Å². The molecule has 0 aliphatic rings. The molecule has 0 bridgehead atoms. The topological polar surface area (TPSA) is 36.9 Å². The molecular formula is C10H30O4Si4. The fourth-order valence-corrected chi connectivity index (χ4v) is 23.4. The van der Waals surface area contributed by atoms with Gasteiger partial charge in [-0.1, -0.05) is 20.3 Å². The highest BCUT2D eigenvalue weighted by Gasteiger charge is 2.38. The summed E-state index contributed by atoms with van der Waals surface area (Å²) in [6.07, 6.45) is 3.43. The monoisotopic (exact) mass is 326 g/mol. The lowest BCUT2D eigenvalue weighted by Gasteiger charge is -2.29. The van der Waals surface area contributed by atoms with Crippen molar-refractivity contribution in [3.05, 3.63) is 0 Å². The summed E-state index contributed by atoms with van der Waals surface area (Å²) in [5, 5.41) is 0. The first-order valence-corrected chi connectivity index (χ1v) is 17.7. The molecule has 0 aromatic rings. The van der Waals surface area contributed by atoms with Crippen LogP contribution in [-0.2, 0) is 17.7 Å². The Morgan fingerprint density at radius 3 is 2.17 bits per heavy atom. The molecule has 0 heterocycles. The number of hydrogen-bond donors (Lipinski definition) is 0. The average molecular weight is 327 g/mol. The van der Waals surface area contributed by atoms with Crippen LogP contribution in [0.1, 0.15) is 40.0 Å². The van der Waals surface area contributed by atoms with Crippen molar-refractivity contribution >= 4 is 34.7 Å². The largest absolute Gasteiger partial charge is 0.428 e. The van der Waals surface area contributed by atoms with Gasteiger partial charge in [-0.2, -0.15) is 0 Å².